The summed E-state index contributed by atoms with van der Waals surface area (Å²) in [6.07, 6.45) is 6.08. The lowest BCUT2D eigenvalue weighted by Gasteiger charge is -2.06. The van der Waals surface area contributed by atoms with Gasteiger partial charge in [-0.15, -0.1) is 20.4 Å². The van der Waals surface area contributed by atoms with Crippen LogP contribution in [0.3, 0.4) is 0 Å². The number of aromatic nitrogens is 5. The summed E-state index contributed by atoms with van der Waals surface area (Å²) in [6, 6.07) is 5.52. The highest BCUT2D eigenvalue weighted by atomic mass is 32.1. The van der Waals surface area contributed by atoms with Crippen LogP contribution in [0.15, 0.2) is 24.4 Å². The van der Waals surface area contributed by atoms with E-state index >= 15 is 0 Å². The fraction of sp³-hybridized carbons (Fsp3) is 0.412. The number of carbonyl (C=O) groups excluding carboxylic acids is 1. The van der Waals surface area contributed by atoms with Crippen LogP contribution >= 0.6 is 22.7 Å². The highest BCUT2D eigenvalue weighted by Crippen LogP contribution is 2.41. The zero-order chi connectivity index (χ0) is 18.6. The minimum atomic E-state index is -0.130. The van der Waals surface area contributed by atoms with Gasteiger partial charge in [-0.3, -0.25) is 9.78 Å². The van der Waals surface area contributed by atoms with Crippen LogP contribution in [0.5, 0.6) is 0 Å². The SMILES string of the molecule is Nc1nnc(C[C@@H]2CC[C@H](c3nnc(NC(=O)Cc4ccccn4)s3)C2)s1. The van der Waals surface area contributed by atoms with Gasteiger partial charge < -0.3 is 11.1 Å². The predicted molar refractivity (Wildman–Crippen MR) is 105 cm³/mol. The number of rotatable bonds is 6. The third-order valence-electron chi connectivity index (χ3n) is 4.59. The molecule has 8 nitrogen and oxygen atoms in total. The van der Waals surface area contributed by atoms with Crippen LogP contribution < -0.4 is 11.1 Å². The van der Waals surface area contributed by atoms with Crippen molar-refractivity contribution in [2.24, 2.45) is 5.92 Å². The number of nitrogen functional groups attached to an aromatic ring is 1. The molecular formula is C17H19N7OS2. The van der Waals surface area contributed by atoms with Gasteiger partial charge in [-0.05, 0) is 37.3 Å². The molecule has 1 saturated carbocycles. The van der Waals surface area contributed by atoms with Crippen molar-refractivity contribution in [2.45, 2.75) is 38.0 Å². The summed E-state index contributed by atoms with van der Waals surface area (Å²) >= 11 is 2.92. The minimum Gasteiger partial charge on any atom is -0.374 e. The fourth-order valence-electron chi connectivity index (χ4n) is 3.36. The Morgan fingerprint density at radius 1 is 1.19 bits per heavy atom. The first-order valence-corrected chi connectivity index (χ1v) is 10.4. The average molecular weight is 402 g/mol. The molecule has 3 heterocycles. The van der Waals surface area contributed by atoms with Gasteiger partial charge in [-0.2, -0.15) is 0 Å². The molecule has 1 aliphatic rings. The lowest BCUT2D eigenvalue weighted by molar-refractivity contribution is -0.115. The van der Waals surface area contributed by atoms with Gasteiger partial charge in [0.1, 0.15) is 10.0 Å². The molecule has 1 amide bonds. The summed E-state index contributed by atoms with van der Waals surface area (Å²) in [5, 5.41) is 22.3. The van der Waals surface area contributed by atoms with Gasteiger partial charge in [0, 0.05) is 24.2 Å². The Morgan fingerprint density at radius 3 is 2.89 bits per heavy atom. The van der Waals surface area contributed by atoms with Crippen LogP contribution in [0.25, 0.3) is 0 Å². The van der Waals surface area contributed by atoms with Crippen molar-refractivity contribution in [3.05, 3.63) is 40.1 Å². The monoisotopic (exact) mass is 401 g/mol. The smallest absolute Gasteiger partial charge is 0.232 e. The quantitative estimate of drug-likeness (QED) is 0.651. The Balaban J connectivity index is 1.31. The Hall–Kier alpha value is -2.46. The molecule has 1 fully saturated rings. The highest BCUT2D eigenvalue weighted by molar-refractivity contribution is 7.15. The summed E-state index contributed by atoms with van der Waals surface area (Å²) in [5.74, 6) is 0.821. The van der Waals surface area contributed by atoms with E-state index in [1.807, 2.05) is 18.2 Å². The molecule has 2 atom stereocenters. The van der Waals surface area contributed by atoms with Gasteiger partial charge in [-0.1, -0.05) is 28.7 Å². The Labute approximate surface area is 164 Å². The molecule has 3 aromatic heterocycles. The third-order valence-corrected chi connectivity index (χ3v) is 6.37. The van der Waals surface area contributed by atoms with Crippen LogP contribution in [0.1, 0.15) is 40.9 Å². The maximum Gasteiger partial charge on any atom is 0.232 e. The molecule has 0 spiro atoms. The number of nitrogens with zero attached hydrogens (tertiary/aromatic N) is 5. The molecule has 140 valence electrons. The Morgan fingerprint density at radius 2 is 2.11 bits per heavy atom. The zero-order valence-corrected chi connectivity index (χ0v) is 16.2. The van der Waals surface area contributed by atoms with E-state index in [1.54, 1.807) is 6.20 Å². The van der Waals surface area contributed by atoms with Crippen LogP contribution in [0.4, 0.5) is 10.3 Å². The van der Waals surface area contributed by atoms with Crippen LogP contribution in [0, 0.1) is 5.92 Å². The van der Waals surface area contributed by atoms with Crippen molar-refractivity contribution in [2.75, 3.05) is 11.1 Å². The summed E-state index contributed by atoms with van der Waals surface area (Å²) in [7, 11) is 0. The molecule has 3 aromatic rings. The molecule has 4 rings (SSSR count). The van der Waals surface area contributed by atoms with Gasteiger partial charge in [0.25, 0.3) is 0 Å². The molecule has 10 heteroatoms. The lowest BCUT2D eigenvalue weighted by Crippen LogP contribution is -2.14. The molecule has 0 aliphatic heterocycles. The number of pyridine rings is 1. The number of nitrogens with two attached hydrogens (primary N) is 1. The predicted octanol–water partition coefficient (Wildman–Crippen LogP) is 2.67. The highest BCUT2D eigenvalue weighted by Gasteiger charge is 2.29. The van der Waals surface area contributed by atoms with Crippen LogP contribution in [0.2, 0.25) is 0 Å². The number of hydrogen-bond acceptors (Lipinski definition) is 9. The van der Waals surface area contributed by atoms with E-state index in [0.717, 1.165) is 41.4 Å². The summed E-state index contributed by atoms with van der Waals surface area (Å²) in [4.78, 5) is 16.3. The van der Waals surface area contributed by atoms with E-state index in [0.29, 0.717) is 22.1 Å². The van der Waals surface area contributed by atoms with Gasteiger partial charge in [0.15, 0.2) is 0 Å². The normalized spacial score (nSPS) is 19.3. The van der Waals surface area contributed by atoms with Crippen LogP contribution in [-0.2, 0) is 17.6 Å². The van der Waals surface area contributed by atoms with Crippen molar-refractivity contribution in [3.63, 3.8) is 0 Å². The van der Waals surface area contributed by atoms with Crippen LogP contribution in [-0.4, -0.2) is 31.3 Å². The molecule has 1 aliphatic carbocycles. The molecule has 0 bridgehead atoms. The molecule has 0 saturated heterocycles. The second-order valence-electron chi connectivity index (χ2n) is 6.61. The molecule has 27 heavy (non-hydrogen) atoms. The van der Waals surface area contributed by atoms with E-state index in [1.165, 1.54) is 22.7 Å². The topological polar surface area (TPSA) is 120 Å². The van der Waals surface area contributed by atoms with Gasteiger partial charge in [-0.25, -0.2) is 0 Å². The first kappa shape index (κ1) is 17.9. The average Bonchev–Trinajstić information content (AvgIpc) is 3.38. The van der Waals surface area contributed by atoms with E-state index in [9.17, 15) is 4.79 Å². The van der Waals surface area contributed by atoms with E-state index in [-0.39, 0.29) is 12.3 Å². The molecule has 0 radical (unpaired) electrons. The molecule has 3 N–H and O–H groups in total. The standard InChI is InChI=1S/C17H19N7OS2/c18-16-23-21-14(26-16)8-10-4-5-11(7-10)15-22-24-17(27-15)20-13(25)9-12-3-1-2-6-19-12/h1-3,6,10-11H,4-5,7-9H2,(H2,18,23)(H,20,24,25)/t10-,11+/m1/s1. The second kappa shape index (κ2) is 8.05. The van der Waals surface area contributed by atoms with Crippen molar-refractivity contribution >= 4 is 38.8 Å². The number of carbonyl (C=O) groups is 1. The lowest BCUT2D eigenvalue weighted by atomic mass is 10.0. The van der Waals surface area contributed by atoms with E-state index in [4.69, 9.17) is 5.73 Å². The molecular weight excluding hydrogens is 382 g/mol. The van der Waals surface area contributed by atoms with Crippen molar-refractivity contribution < 1.29 is 4.79 Å². The van der Waals surface area contributed by atoms with Gasteiger partial charge in [0.05, 0.1) is 6.42 Å². The number of amides is 1. The maximum atomic E-state index is 12.1. The van der Waals surface area contributed by atoms with Gasteiger partial charge in [0.2, 0.25) is 16.2 Å². The zero-order valence-electron chi connectivity index (χ0n) is 14.5. The van der Waals surface area contributed by atoms with Crippen molar-refractivity contribution in [3.8, 4) is 0 Å². The largest absolute Gasteiger partial charge is 0.374 e. The maximum absolute atomic E-state index is 12.1. The summed E-state index contributed by atoms with van der Waals surface area (Å²) in [5.41, 5.74) is 6.38. The number of anilines is 2. The van der Waals surface area contributed by atoms with E-state index in [2.05, 4.69) is 30.7 Å². The summed E-state index contributed by atoms with van der Waals surface area (Å²) in [6.45, 7) is 0. The fourth-order valence-corrected chi connectivity index (χ4v) is 4.99. The third kappa shape index (κ3) is 4.64. The Kier molecular flexibility index (Phi) is 5.35. The first-order valence-electron chi connectivity index (χ1n) is 8.76. The Bertz CT molecular complexity index is 911. The van der Waals surface area contributed by atoms with E-state index < -0.39 is 0 Å². The molecule has 0 aromatic carbocycles. The first-order chi connectivity index (χ1) is 13.2. The minimum absolute atomic E-state index is 0.130. The second-order valence-corrected chi connectivity index (χ2v) is 8.71. The van der Waals surface area contributed by atoms with Crippen molar-refractivity contribution in [1.82, 2.24) is 25.4 Å². The van der Waals surface area contributed by atoms with Gasteiger partial charge >= 0.3 is 0 Å². The van der Waals surface area contributed by atoms with Crippen molar-refractivity contribution in [1.29, 1.82) is 0 Å². The number of hydrogen-bond donors (Lipinski definition) is 2. The number of nitrogens with one attached hydrogen (secondary N) is 1. The summed E-state index contributed by atoms with van der Waals surface area (Å²) < 4.78 is 0. The molecule has 0 unspecified atom stereocenters.